The van der Waals surface area contributed by atoms with Crippen molar-refractivity contribution in [3.8, 4) is 0 Å². The summed E-state index contributed by atoms with van der Waals surface area (Å²) in [5, 5.41) is 0. The number of methoxy groups -OCH3 is 1. The Balaban J connectivity index is 3.66. The van der Waals surface area contributed by atoms with Crippen LogP contribution in [0.25, 0.3) is 0 Å². The Morgan fingerprint density at radius 3 is 2.54 bits per heavy atom. The molecule has 0 bridgehead atoms. The summed E-state index contributed by atoms with van der Waals surface area (Å²) in [6.45, 7) is 7.95. The Kier molecular flexibility index (Phi) is 6.29. The van der Waals surface area contributed by atoms with Crippen molar-refractivity contribution < 1.29 is 9.53 Å². The Morgan fingerprint density at radius 1 is 1.46 bits per heavy atom. The third-order valence-electron chi connectivity index (χ3n) is 2.12. The first kappa shape index (κ1) is 12.2. The molecule has 0 aromatic heterocycles. The summed E-state index contributed by atoms with van der Waals surface area (Å²) < 4.78 is 4.60. The zero-order valence-electron chi connectivity index (χ0n) is 8.88. The molecule has 0 N–H and O–H groups in total. The molecule has 76 valence electrons. The summed E-state index contributed by atoms with van der Waals surface area (Å²) in [5.41, 5.74) is 0. The number of rotatable bonds is 6. The third-order valence-corrected chi connectivity index (χ3v) is 2.12. The molecule has 0 saturated heterocycles. The van der Waals surface area contributed by atoms with Crippen LogP contribution >= 0.6 is 0 Å². The molecule has 2 unspecified atom stereocenters. The minimum Gasteiger partial charge on any atom is -0.469 e. The number of esters is 1. The van der Waals surface area contributed by atoms with Gasteiger partial charge in [-0.15, -0.1) is 6.58 Å². The van der Waals surface area contributed by atoms with Gasteiger partial charge in [-0.1, -0.05) is 19.9 Å². The van der Waals surface area contributed by atoms with Crippen molar-refractivity contribution in [3.63, 3.8) is 0 Å². The van der Waals surface area contributed by atoms with Crippen molar-refractivity contribution >= 4 is 5.97 Å². The SMILES string of the molecule is C=CCC(C)CC(C)CC(=O)OC. The van der Waals surface area contributed by atoms with Crippen molar-refractivity contribution in [3.05, 3.63) is 12.7 Å². The first-order valence-electron chi connectivity index (χ1n) is 4.77. The molecule has 2 atom stereocenters. The molecular weight excluding hydrogens is 164 g/mol. The molecule has 0 aliphatic heterocycles. The summed E-state index contributed by atoms with van der Waals surface area (Å²) in [4.78, 5) is 10.9. The minimum atomic E-state index is -0.113. The van der Waals surface area contributed by atoms with E-state index in [9.17, 15) is 4.79 Å². The normalized spacial score (nSPS) is 14.7. The van der Waals surface area contributed by atoms with E-state index in [1.807, 2.05) is 6.08 Å². The lowest BCUT2D eigenvalue weighted by atomic mass is 9.93. The average Bonchev–Trinajstić information content (AvgIpc) is 2.04. The van der Waals surface area contributed by atoms with Gasteiger partial charge in [0.05, 0.1) is 7.11 Å². The largest absolute Gasteiger partial charge is 0.469 e. The Bertz CT molecular complexity index is 163. The Hall–Kier alpha value is -0.790. The van der Waals surface area contributed by atoms with Crippen LogP contribution in [0.4, 0.5) is 0 Å². The predicted molar refractivity (Wildman–Crippen MR) is 54.4 cm³/mol. The smallest absolute Gasteiger partial charge is 0.305 e. The van der Waals surface area contributed by atoms with Gasteiger partial charge in [-0.2, -0.15) is 0 Å². The van der Waals surface area contributed by atoms with E-state index in [1.165, 1.54) is 7.11 Å². The highest BCUT2D eigenvalue weighted by Crippen LogP contribution is 2.18. The lowest BCUT2D eigenvalue weighted by Crippen LogP contribution is -2.10. The summed E-state index contributed by atoms with van der Waals surface area (Å²) in [6, 6.07) is 0. The van der Waals surface area contributed by atoms with Gasteiger partial charge in [-0.05, 0) is 24.7 Å². The second kappa shape index (κ2) is 6.70. The molecule has 0 aliphatic carbocycles. The van der Waals surface area contributed by atoms with Gasteiger partial charge in [0.25, 0.3) is 0 Å². The maximum Gasteiger partial charge on any atom is 0.305 e. The Morgan fingerprint density at radius 2 is 2.08 bits per heavy atom. The van der Waals surface area contributed by atoms with Crippen LogP contribution in [0.5, 0.6) is 0 Å². The summed E-state index contributed by atoms with van der Waals surface area (Å²) in [6.07, 6.45) is 4.53. The van der Waals surface area contributed by atoms with Gasteiger partial charge < -0.3 is 4.74 Å². The number of carbonyl (C=O) groups excluding carboxylic acids is 1. The highest BCUT2D eigenvalue weighted by atomic mass is 16.5. The van der Waals surface area contributed by atoms with Crippen molar-refractivity contribution in [1.29, 1.82) is 0 Å². The summed E-state index contributed by atoms with van der Waals surface area (Å²) >= 11 is 0. The quantitative estimate of drug-likeness (QED) is 0.468. The highest BCUT2D eigenvalue weighted by Gasteiger charge is 2.11. The lowest BCUT2D eigenvalue weighted by molar-refractivity contribution is -0.141. The highest BCUT2D eigenvalue weighted by molar-refractivity contribution is 5.69. The van der Waals surface area contributed by atoms with Gasteiger partial charge >= 0.3 is 5.97 Å². The molecule has 0 aliphatic rings. The van der Waals surface area contributed by atoms with E-state index in [2.05, 4.69) is 25.2 Å². The maximum atomic E-state index is 10.9. The fraction of sp³-hybridized carbons (Fsp3) is 0.727. The van der Waals surface area contributed by atoms with Gasteiger partial charge in [0.2, 0.25) is 0 Å². The molecule has 0 radical (unpaired) electrons. The van der Waals surface area contributed by atoms with E-state index in [0.29, 0.717) is 18.3 Å². The van der Waals surface area contributed by atoms with E-state index in [0.717, 1.165) is 12.8 Å². The molecule has 0 spiro atoms. The van der Waals surface area contributed by atoms with Crippen molar-refractivity contribution in [2.75, 3.05) is 7.11 Å². The van der Waals surface area contributed by atoms with Crippen LogP contribution < -0.4 is 0 Å². The van der Waals surface area contributed by atoms with E-state index in [4.69, 9.17) is 0 Å². The van der Waals surface area contributed by atoms with Crippen molar-refractivity contribution in [1.82, 2.24) is 0 Å². The number of allylic oxidation sites excluding steroid dienone is 1. The van der Waals surface area contributed by atoms with Crippen LogP contribution in [0.2, 0.25) is 0 Å². The standard InChI is InChI=1S/C11H20O2/c1-5-6-9(2)7-10(3)8-11(12)13-4/h5,9-10H,1,6-8H2,2-4H3. The fourth-order valence-electron chi connectivity index (χ4n) is 1.52. The molecule has 0 aromatic carbocycles. The van der Waals surface area contributed by atoms with E-state index in [1.54, 1.807) is 0 Å². The van der Waals surface area contributed by atoms with Gasteiger partial charge in [0.15, 0.2) is 0 Å². The topological polar surface area (TPSA) is 26.3 Å². The van der Waals surface area contributed by atoms with Gasteiger partial charge in [0.1, 0.15) is 0 Å². The second-order valence-corrected chi connectivity index (χ2v) is 3.75. The molecule has 0 amide bonds. The predicted octanol–water partition coefficient (Wildman–Crippen LogP) is 2.79. The number of carbonyl (C=O) groups is 1. The number of hydrogen-bond acceptors (Lipinski definition) is 2. The molecule has 2 heteroatoms. The monoisotopic (exact) mass is 184 g/mol. The van der Waals surface area contributed by atoms with Crippen LogP contribution in [0.1, 0.15) is 33.1 Å². The van der Waals surface area contributed by atoms with Gasteiger partial charge in [-0.3, -0.25) is 4.79 Å². The first-order chi connectivity index (χ1) is 6.10. The Labute approximate surface area is 81.0 Å². The first-order valence-corrected chi connectivity index (χ1v) is 4.77. The molecule has 0 fully saturated rings. The molecular formula is C11H20O2. The molecule has 2 nitrogen and oxygen atoms in total. The minimum absolute atomic E-state index is 0.113. The van der Waals surface area contributed by atoms with Crippen molar-refractivity contribution in [2.24, 2.45) is 11.8 Å². The zero-order chi connectivity index (χ0) is 10.3. The second-order valence-electron chi connectivity index (χ2n) is 3.75. The van der Waals surface area contributed by atoms with Crippen LogP contribution in [-0.4, -0.2) is 13.1 Å². The zero-order valence-corrected chi connectivity index (χ0v) is 8.88. The van der Waals surface area contributed by atoms with Crippen LogP contribution in [-0.2, 0) is 9.53 Å². The lowest BCUT2D eigenvalue weighted by Gasteiger charge is -2.14. The third kappa shape index (κ3) is 6.38. The molecule has 13 heavy (non-hydrogen) atoms. The van der Waals surface area contributed by atoms with E-state index in [-0.39, 0.29) is 5.97 Å². The summed E-state index contributed by atoms with van der Waals surface area (Å²) in [7, 11) is 1.43. The van der Waals surface area contributed by atoms with Gasteiger partial charge in [-0.25, -0.2) is 0 Å². The van der Waals surface area contributed by atoms with Crippen LogP contribution in [0, 0.1) is 11.8 Å². The van der Waals surface area contributed by atoms with E-state index >= 15 is 0 Å². The average molecular weight is 184 g/mol. The molecule has 0 saturated carbocycles. The molecule has 0 rings (SSSR count). The molecule has 0 aromatic rings. The number of ether oxygens (including phenoxy) is 1. The van der Waals surface area contributed by atoms with E-state index < -0.39 is 0 Å². The van der Waals surface area contributed by atoms with Crippen LogP contribution in [0.3, 0.4) is 0 Å². The van der Waals surface area contributed by atoms with Crippen LogP contribution in [0.15, 0.2) is 12.7 Å². The van der Waals surface area contributed by atoms with Gasteiger partial charge in [0, 0.05) is 6.42 Å². The number of hydrogen-bond donors (Lipinski definition) is 0. The van der Waals surface area contributed by atoms with Crippen molar-refractivity contribution in [2.45, 2.75) is 33.1 Å². The fourth-order valence-corrected chi connectivity index (χ4v) is 1.52. The maximum absolute atomic E-state index is 10.9. The molecule has 0 heterocycles. The summed E-state index contributed by atoms with van der Waals surface area (Å²) in [5.74, 6) is 0.901.